The van der Waals surface area contributed by atoms with Crippen LogP contribution in [-0.2, 0) is 12.6 Å². The van der Waals surface area contributed by atoms with Gasteiger partial charge in [-0.05, 0) is 11.5 Å². The third-order valence-corrected chi connectivity index (χ3v) is 1.80. The summed E-state index contributed by atoms with van der Waals surface area (Å²) < 4.78 is 0. The zero-order valence-electron chi connectivity index (χ0n) is 4.94. The molecule has 0 aliphatic carbocycles. The summed E-state index contributed by atoms with van der Waals surface area (Å²) in [6.45, 7) is 2.15. The van der Waals surface area contributed by atoms with Gasteiger partial charge in [0.15, 0.2) is 0 Å². The van der Waals surface area contributed by atoms with Crippen molar-refractivity contribution in [3.8, 4) is 0 Å². The van der Waals surface area contributed by atoms with E-state index in [0.29, 0.717) is 0 Å². The van der Waals surface area contributed by atoms with Gasteiger partial charge < -0.3 is 12.6 Å². The van der Waals surface area contributed by atoms with E-state index in [1.54, 1.807) is 0 Å². The van der Waals surface area contributed by atoms with Crippen molar-refractivity contribution >= 4 is 24.4 Å². The summed E-state index contributed by atoms with van der Waals surface area (Å²) in [5.41, 5.74) is 0. The first-order valence-electron chi connectivity index (χ1n) is 2.07. The summed E-state index contributed by atoms with van der Waals surface area (Å²) >= 11 is 6.60. The molecule has 0 aliphatic rings. The maximum Gasteiger partial charge on any atom is 1.00 e. The fourth-order valence-corrected chi connectivity index (χ4v) is 0.963. The van der Waals surface area contributed by atoms with Crippen LogP contribution in [0.2, 0.25) is 0 Å². The molecule has 0 heterocycles. The van der Waals surface area contributed by atoms with Gasteiger partial charge >= 0.3 is 18.9 Å². The molecule has 0 atom stereocenters. The van der Waals surface area contributed by atoms with Crippen LogP contribution in [0.1, 0.15) is 6.92 Å². The van der Waals surface area contributed by atoms with Crippen LogP contribution in [0, 0.1) is 0 Å². The predicted molar refractivity (Wildman–Crippen MR) is 35.2 cm³/mol. The van der Waals surface area contributed by atoms with Crippen LogP contribution in [0.5, 0.6) is 0 Å². The summed E-state index contributed by atoms with van der Waals surface area (Å²) in [6.07, 6.45) is 0. The van der Waals surface area contributed by atoms with Gasteiger partial charge in [0.25, 0.3) is 0 Å². The first-order valence-corrected chi connectivity index (χ1v) is 3.81. The first kappa shape index (κ1) is 11.1. The molecular formula is C4H9LiS2. The first-order chi connectivity index (χ1) is 2.91. The molecule has 0 N–H and O–H groups in total. The molecule has 3 heteroatoms. The minimum atomic E-state index is 0. The molecule has 0 aromatic carbocycles. The Morgan fingerprint density at radius 1 is 1.57 bits per heavy atom. The molecule has 38 valence electrons. The molecule has 0 radical (unpaired) electrons. The molecule has 7 heavy (non-hydrogen) atoms. The Kier molecular flexibility index (Phi) is 16.4. The van der Waals surface area contributed by atoms with Crippen LogP contribution in [0.25, 0.3) is 0 Å². The van der Waals surface area contributed by atoms with Gasteiger partial charge in [0.05, 0.1) is 0 Å². The van der Waals surface area contributed by atoms with Gasteiger partial charge in [-0.25, -0.2) is 0 Å². The third kappa shape index (κ3) is 11.1. The number of hydrogen-bond acceptors (Lipinski definition) is 2. The number of thioether (sulfide) groups is 1. The molecule has 0 fully saturated rings. The van der Waals surface area contributed by atoms with Crippen LogP contribution in [0.15, 0.2) is 0 Å². The zero-order valence-corrected chi connectivity index (χ0v) is 6.57. The number of rotatable bonds is 3. The van der Waals surface area contributed by atoms with Crippen molar-refractivity contribution in [2.45, 2.75) is 6.92 Å². The van der Waals surface area contributed by atoms with E-state index >= 15 is 0 Å². The minimum Gasteiger partial charge on any atom is -0.792 e. The van der Waals surface area contributed by atoms with Crippen molar-refractivity contribution in [1.29, 1.82) is 0 Å². The van der Waals surface area contributed by atoms with Gasteiger partial charge in [-0.2, -0.15) is 17.5 Å². The molecule has 0 aromatic heterocycles. The summed E-state index contributed by atoms with van der Waals surface area (Å²) in [5.74, 6) is 3.25. The van der Waals surface area contributed by atoms with E-state index in [4.69, 9.17) is 12.6 Å². The van der Waals surface area contributed by atoms with Gasteiger partial charge in [0.2, 0.25) is 0 Å². The molecule has 0 saturated heterocycles. The summed E-state index contributed by atoms with van der Waals surface area (Å²) in [6, 6.07) is 0. The van der Waals surface area contributed by atoms with Gasteiger partial charge in [0.1, 0.15) is 0 Å². The maximum atomic E-state index is 4.70. The van der Waals surface area contributed by atoms with E-state index in [-0.39, 0.29) is 18.9 Å². The van der Waals surface area contributed by atoms with E-state index in [0.717, 1.165) is 11.5 Å². The van der Waals surface area contributed by atoms with Crippen LogP contribution >= 0.6 is 11.8 Å². The van der Waals surface area contributed by atoms with Crippen molar-refractivity contribution in [1.82, 2.24) is 0 Å². The van der Waals surface area contributed by atoms with Crippen molar-refractivity contribution < 1.29 is 18.9 Å². The fourth-order valence-electron chi connectivity index (χ4n) is 0.203. The van der Waals surface area contributed by atoms with Crippen LogP contribution in [-0.4, -0.2) is 17.3 Å². The van der Waals surface area contributed by atoms with Crippen molar-refractivity contribution in [2.75, 3.05) is 17.3 Å². The Labute approximate surface area is 67.4 Å². The largest absolute Gasteiger partial charge is 1.00 e. The molecule has 0 spiro atoms. The molecule has 0 aromatic rings. The monoisotopic (exact) mass is 128 g/mol. The molecule has 0 amide bonds. The molecule has 0 bridgehead atoms. The SMILES string of the molecule is CCSCC[S-].[Li+]. The summed E-state index contributed by atoms with van der Waals surface area (Å²) in [4.78, 5) is 0. The van der Waals surface area contributed by atoms with Crippen molar-refractivity contribution in [2.24, 2.45) is 0 Å². The van der Waals surface area contributed by atoms with Crippen molar-refractivity contribution in [3.63, 3.8) is 0 Å². The maximum absolute atomic E-state index is 4.70. The van der Waals surface area contributed by atoms with Gasteiger partial charge in [-0.3, -0.25) is 0 Å². The Balaban J connectivity index is 0. The second-order valence-electron chi connectivity index (χ2n) is 0.901. The Morgan fingerprint density at radius 2 is 2.14 bits per heavy atom. The average Bonchev–Trinajstić information content (AvgIpc) is 1.61. The van der Waals surface area contributed by atoms with Crippen LogP contribution < -0.4 is 18.9 Å². The quantitative estimate of drug-likeness (QED) is 0.252. The second-order valence-corrected chi connectivity index (χ2v) is 2.70. The van der Waals surface area contributed by atoms with Gasteiger partial charge in [-0.15, -0.1) is 0 Å². The van der Waals surface area contributed by atoms with E-state index < -0.39 is 0 Å². The smallest absolute Gasteiger partial charge is 0.792 e. The normalized spacial score (nSPS) is 7.71. The summed E-state index contributed by atoms with van der Waals surface area (Å²) in [5, 5.41) is 0. The zero-order chi connectivity index (χ0) is 4.83. The van der Waals surface area contributed by atoms with Crippen LogP contribution in [0.4, 0.5) is 0 Å². The Morgan fingerprint density at radius 3 is 2.29 bits per heavy atom. The van der Waals surface area contributed by atoms with Gasteiger partial charge in [0, 0.05) is 0 Å². The molecule has 0 aliphatic heterocycles. The van der Waals surface area contributed by atoms with E-state index in [1.165, 1.54) is 5.75 Å². The second kappa shape index (κ2) is 10.3. The van der Waals surface area contributed by atoms with Crippen LogP contribution in [0.3, 0.4) is 0 Å². The molecule has 0 nitrogen and oxygen atoms in total. The Bertz CT molecular complexity index is 21.7. The van der Waals surface area contributed by atoms with Crippen molar-refractivity contribution in [3.05, 3.63) is 0 Å². The predicted octanol–water partition coefficient (Wildman–Crippen LogP) is -1.71. The molecular weight excluding hydrogens is 119 g/mol. The fraction of sp³-hybridized carbons (Fsp3) is 1.00. The summed E-state index contributed by atoms with van der Waals surface area (Å²) in [7, 11) is 0. The van der Waals surface area contributed by atoms with E-state index in [1.807, 2.05) is 11.8 Å². The standard InChI is InChI=1S/C4H10S2.Li/c1-2-6-4-3-5;/h5H,2-4H2,1H3;/q;+1/p-1. The molecule has 0 unspecified atom stereocenters. The number of hydrogen-bond donors (Lipinski definition) is 0. The van der Waals surface area contributed by atoms with E-state index in [9.17, 15) is 0 Å². The average molecular weight is 128 g/mol. The Hall–Kier alpha value is 1.30. The molecule has 0 rings (SSSR count). The third-order valence-electron chi connectivity index (χ3n) is 0.432. The van der Waals surface area contributed by atoms with E-state index in [2.05, 4.69) is 6.92 Å². The topological polar surface area (TPSA) is 0 Å². The van der Waals surface area contributed by atoms with Gasteiger partial charge in [-0.1, -0.05) is 6.92 Å². The minimum absolute atomic E-state index is 0. The molecule has 0 saturated carbocycles.